The maximum absolute atomic E-state index is 12.9. The molecule has 1 aromatic heterocycles. The molecule has 0 unspecified atom stereocenters. The molecule has 0 fully saturated rings. The van der Waals surface area contributed by atoms with Crippen molar-refractivity contribution in [3.05, 3.63) is 46.6 Å². The van der Waals surface area contributed by atoms with E-state index in [1.807, 2.05) is 0 Å². The van der Waals surface area contributed by atoms with Crippen LogP contribution in [0, 0.1) is 5.82 Å². The molecule has 8 heteroatoms. The lowest BCUT2D eigenvalue weighted by molar-refractivity contribution is 0.156. The number of nitrogens with zero attached hydrogens (tertiary/aromatic N) is 1. The number of halogens is 2. The molecule has 0 spiro atoms. The van der Waals surface area contributed by atoms with Gasteiger partial charge in [0, 0.05) is 13.2 Å². The summed E-state index contributed by atoms with van der Waals surface area (Å²) in [5.74, 6) is -0.563. The van der Waals surface area contributed by atoms with Crippen molar-refractivity contribution in [3.8, 4) is 0 Å². The molecule has 0 atom stereocenters. The van der Waals surface area contributed by atoms with Crippen LogP contribution < -0.4 is 0 Å². The molecule has 0 N–H and O–H groups in total. The zero-order valence-corrected chi connectivity index (χ0v) is 12.0. The lowest BCUT2D eigenvalue weighted by Crippen LogP contribution is -2.06. The highest BCUT2D eigenvalue weighted by molar-refractivity contribution is 7.90. The minimum Gasteiger partial charge on any atom is -0.377 e. The Morgan fingerprint density at radius 3 is 2.80 bits per heavy atom. The van der Waals surface area contributed by atoms with Crippen LogP contribution in [0.3, 0.4) is 0 Å². The van der Waals surface area contributed by atoms with E-state index in [2.05, 4.69) is 5.16 Å². The molecule has 0 amide bonds. The van der Waals surface area contributed by atoms with E-state index in [-0.39, 0.29) is 28.0 Å². The molecule has 0 aliphatic heterocycles. The van der Waals surface area contributed by atoms with Gasteiger partial charge in [-0.05, 0) is 18.2 Å². The van der Waals surface area contributed by atoms with Crippen LogP contribution in [-0.2, 0) is 26.9 Å². The minimum atomic E-state index is -3.72. The standard InChI is InChI=1S/C12H11ClFNO4S/c1-18-6-10-5-9(15-19-10)7-20(16,17)12-3-2-8(14)4-11(12)13/h2-5H,6-7H2,1H3. The van der Waals surface area contributed by atoms with Crippen LogP contribution in [0.15, 0.2) is 33.7 Å². The van der Waals surface area contributed by atoms with E-state index in [4.69, 9.17) is 20.9 Å². The predicted molar refractivity (Wildman–Crippen MR) is 69.5 cm³/mol. The van der Waals surface area contributed by atoms with Crippen LogP contribution in [0.5, 0.6) is 0 Å². The van der Waals surface area contributed by atoms with Gasteiger partial charge in [-0.25, -0.2) is 12.8 Å². The van der Waals surface area contributed by atoms with Gasteiger partial charge in [0.25, 0.3) is 0 Å². The first kappa shape index (κ1) is 15.0. The first-order valence-corrected chi connectivity index (χ1v) is 7.56. The number of rotatable bonds is 5. The van der Waals surface area contributed by atoms with E-state index >= 15 is 0 Å². The zero-order valence-electron chi connectivity index (χ0n) is 10.5. The fourth-order valence-corrected chi connectivity index (χ4v) is 3.47. The Labute approximate surface area is 120 Å². The molecule has 108 valence electrons. The Bertz CT molecular complexity index is 714. The second-order valence-corrected chi connectivity index (χ2v) is 6.42. The third kappa shape index (κ3) is 3.36. The second-order valence-electron chi connectivity index (χ2n) is 4.05. The Kier molecular flexibility index (Phi) is 4.42. The Morgan fingerprint density at radius 2 is 2.15 bits per heavy atom. The minimum absolute atomic E-state index is 0.142. The fourth-order valence-electron chi connectivity index (χ4n) is 1.63. The predicted octanol–water partition coefficient (Wildman–Crippen LogP) is 2.59. The summed E-state index contributed by atoms with van der Waals surface area (Å²) in [6.45, 7) is 0.199. The Hall–Kier alpha value is -1.44. The lowest BCUT2D eigenvalue weighted by Gasteiger charge is -2.04. The highest BCUT2D eigenvalue weighted by atomic mass is 35.5. The van der Waals surface area contributed by atoms with Crippen LogP contribution in [0.2, 0.25) is 5.02 Å². The molecule has 5 nitrogen and oxygen atoms in total. The van der Waals surface area contributed by atoms with Gasteiger partial charge < -0.3 is 9.26 Å². The number of methoxy groups -OCH3 is 1. The smallest absolute Gasteiger partial charge is 0.185 e. The number of ether oxygens (including phenoxy) is 1. The molecule has 0 saturated heterocycles. The second kappa shape index (κ2) is 5.90. The average Bonchev–Trinajstić information content (AvgIpc) is 2.75. The molecule has 0 radical (unpaired) electrons. The van der Waals surface area contributed by atoms with Crippen LogP contribution in [0.25, 0.3) is 0 Å². The van der Waals surface area contributed by atoms with Gasteiger partial charge in [0.1, 0.15) is 18.2 Å². The average molecular weight is 320 g/mol. The molecule has 0 saturated carbocycles. The lowest BCUT2D eigenvalue weighted by atomic mass is 10.3. The molecule has 20 heavy (non-hydrogen) atoms. The highest BCUT2D eigenvalue weighted by Gasteiger charge is 2.21. The summed E-state index contributed by atoms with van der Waals surface area (Å²) >= 11 is 5.75. The zero-order chi connectivity index (χ0) is 14.8. The largest absolute Gasteiger partial charge is 0.377 e. The van der Waals surface area contributed by atoms with Gasteiger partial charge in [-0.3, -0.25) is 0 Å². The summed E-state index contributed by atoms with van der Waals surface area (Å²) in [5.41, 5.74) is 0.234. The van der Waals surface area contributed by atoms with Crippen molar-refractivity contribution in [2.75, 3.05) is 7.11 Å². The monoisotopic (exact) mass is 319 g/mol. The third-order valence-corrected chi connectivity index (χ3v) is 4.59. The quantitative estimate of drug-likeness (QED) is 0.792. The van der Waals surface area contributed by atoms with Gasteiger partial charge >= 0.3 is 0 Å². The molecule has 0 bridgehead atoms. The van der Waals surface area contributed by atoms with E-state index in [0.717, 1.165) is 18.2 Å². The number of sulfone groups is 1. The van der Waals surface area contributed by atoms with Crippen molar-refractivity contribution in [1.82, 2.24) is 5.16 Å². The Balaban J connectivity index is 2.26. The number of hydrogen-bond acceptors (Lipinski definition) is 5. The van der Waals surface area contributed by atoms with E-state index < -0.39 is 15.7 Å². The summed E-state index contributed by atoms with van der Waals surface area (Å²) < 4.78 is 47.0. The molecular formula is C12H11ClFNO4S. The molecule has 0 aliphatic carbocycles. The highest BCUT2D eigenvalue weighted by Crippen LogP contribution is 2.25. The maximum atomic E-state index is 12.9. The molecular weight excluding hydrogens is 309 g/mol. The molecule has 1 heterocycles. The maximum Gasteiger partial charge on any atom is 0.185 e. The first-order chi connectivity index (χ1) is 9.42. The van der Waals surface area contributed by atoms with Crippen molar-refractivity contribution >= 4 is 21.4 Å². The molecule has 0 aliphatic rings. The number of aromatic nitrogens is 1. The van der Waals surface area contributed by atoms with Crippen LogP contribution in [-0.4, -0.2) is 20.7 Å². The number of benzene rings is 1. The summed E-state index contributed by atoms with van der Waals surface area (Å²) in [4.78, 5) is -0.142. The van der Waals surface area contributed by atoms with E-state index in [0.29, 0.717) is 5.76 Å². The van der Waals surface area contributed by atoms with E-state index in [1.54, 1.807) is 0 Å². The summed E-state index contributed by atoms with van der Waals surface area (Å²) in [5, 5.41) is 3.48. The van der Waals surface area contributed by atoms with Gasteiger partial charge in [-0.1, -0.05) is 16.8 Å². The van der Waals surface area contributed by atoms with Crippen molar-refractivity contribution in [1.29, 1.82) is 0 Å². The van der Waals surface area contributed by atoms with Gasteiger partial charge in [0.05, 0.1) is 15.6 Å². The first-order valence-electron chi connectivity index (χ1n) is 5.53. The van der Waals surface area contributed by atoms with Crippen molar-refractivity contribution in [2.24, 2.45) is 0 Å². The van der Waals surface area contributed by atoms with Crippen molar-refractivity contribution in [2.45, 2.75) is 17.3 Å². The van der Waals surface area contributed by atoms with Gasteiger partial charge in [0.15, 0.2) is 15.6 Å². The summed E-state index contributed by atoms with van der Waals surface area (Å²) in [6, 6.07) is 4.60. The normalized spacial score (nSPS) is 11.8. The van der Waals surface area contributed by atoms with Crippen molar-refractivity contribution in [3.63, 3.8) is 0 Å². The third-order valence-electron chi connectivity index (χ3n) is 2.46. The summed E-state index contributed by atoms with van der Waals surface area (Å²) in [6.07, 6.45) is 0. The van der Waals surface area contributed by atoms with Crippen LogP contribution in [0.1, 0.15) is 11.5 Å². The van der Waals surface area contributed by atoms with Crippen LogP contribution in [0.4, 0.5) is 4.39 Å². The van der Waals surface area contributed by atoms with E-state index in [9.17, 15) is 12.8 Å². The summed E-state index contributed by atoms with van der Waals surface area (Å²) in [7, 11) is -2.24. The molecule has 1 aromatic carbocycles. The molecule has 2 aromatic rings. The number of hydrogen-bond donors (Lipinski definition) is 0. The molecule has 2 rings (SSSR count). The topological polar surface area (TPSA) is 69.4 Å². The van der Waals surface area contributed by atoms with Crippen LogP contribution >= 0.6 is 11.6 Å². The van der Waals surface area contributed by atoms with Gasteiger partial charge in [-0.2, -0.15) is 0 Å². The Morgan fingerprint density at radius 1 is 1.40 bits per heavy atom. The van der Waals surface area contributed by atoms with Crippen molar-refractivity contribution < 1.29 is 22.1 Å². The van der Waals surface area contributed by atoms with E-state index in [1.165, 1.54) is 13.2 Å². The van der Waals surface area contributed by atoms with Gasteiger partial charge in [-0.15, -0.1) is 0 Å². The fraction of sp³-hybridized carbons (Fsp3) is 0.250. The van der Waals surface area contributed by atoms with Gasteiger partial charge in [0.2, 0.25) is 0 Å². The SMILES string of the molecule is COCc1cc(CS(=O)(=O)c2ccc(F)cc2Cl)no1.